The summed E-state index contributed by atoms with van der Waals surface area (Å²) in [4.78, 5) is 4.40. The molecule has 86 valence electrons. The number of nitrogens with zero attached hydrogens (tertiary/aromatic N) is 3. The minimum atomic E-state index is 0.518. The molecule has 0 fully saturated rings. The molecule has 2 heterocycles. The summed E-state index contributed by atoms with van der Waals surface area (Å²) in [7, 11) is 1.84. The number of aromatic nitrogens is 3. The Kier molecular flexibility index (Phi) is 2.19. The van der Waals surface area contributed by atoms with E-state index in [4.69, 9.17) is 10.2 Å². The van der Waals surface area contributed by atoms with Crippen LogP contribution >= 0.6 is 15.9 Å². The van der Waals surface area contributed by atoms with Crippen LogP contribution in [-0.2, 0) is 7.05 Å². The summed E-state index contributed by atoms with van der Waals surface area (Å²) >= 11 is 3.38. The Morgan fingerprint density at radius 1 is 1.41 bits per heavy atom. The Balaban J connectivity index is 2.27. The van der Waals surface area contributed by atoms with Crippen molar-refractivity contribution < 1.29 is 4.42 Å². The third-order valence-corrected chi connectivity index (χ3v) is 2.98. The van der Waals surface area contributed by atoms with Gasteiger partial charge in [-0.15, -0.1) is 0 Å². The first-order chi connectivity index (χ1) is 8.15. The smallest absolute Gasteiger partial charge is 0.245 e. The third kappa shape index (κ3) is 1.61. The Morgan fingerprint density at radius 2 is 2.24 bits per heavy atom. The van der Waals surface area contributed by atoms with E-state index in [2.05, 4.69) is 26.0 Å². The molecule has 17 heavy (non-hydrogen) atoms. The number of benzene rings is 1. The van der Waals surface area contributed by atoms with Crippen LogP contribution in [0.1, 0.15) is 0 Å². The molecule has 0 bridgehead atoms. The molecule has 6 heteroatoms. The molecule has 0 saturated carbocycles. The summed E-state index contributed by atoms with van der Waals surface area (Å²) in [5.74, 6) is 0.518. The van der Waals surface area contributed by atoms with Gasteiger partial charge in [0.25, 0.3) is 0 Å². The van der Waals surface area contributed by atoms with Gasteiger partial charge in [0.15, 0.2) is 5.58 Å². The fourth-order valence-electron chi connectivity index (χ4n) is 1.72. The van der Waals surface area contributed by atoms with Gasteiger partial charge in [-0.25, -0.2) is 4.98 Å². The zero-order chi connectivity index (χ0) is 12.0. The number of hydrogen-bond donors (Lipinski definition) is 1. The topological polar surface area (TPSA) is 69.9 Å². The Bertz CT molecular complexity index is 701. The van der Waals surface area contributed by atoms with Crippen molar-refractivity contribution in [2.45, 2.75) is 0 Å². The molecule has 0 unspecified atom stereocenters. The maximum absolute atomic E-state index is 5.88. The number of hydrogen-bond acceptors (Lipinski definition) is 4. The van der Waals surface area contributed by atoms with Gasteiger partial charge in [0.05, 0.1) is 5.69 Å². The minimum absolute atomic E-state index is 0.518. The highest BCUT2D eigenvalue weighted by Crippen LogP contribution is 2.30. The van der Waals surface area contributed by atoms with Crippen LogP contribution in [0.3, 0.4) is 0 Å². The molecular formula is C11H9BrN4O. The van der Waals surface area contributed by atoms with Crippen molar-refractivity contribution in [2.75, 3.05) is 5.73 Å². The van der Waals surface area contributed by atoms with Gasteiger partial charge >= 0.3 is 0 Å². The molecule has 0 radical (unpaired) electrons. The van der Waals surface area contributed by atoms with E-state index in [0.717, 1.165) is 15.7 Å². The molecule has 0 aliphatic carbocycles. The van der Waals surface area contributed by atoms with Crippen molar-refractivity contribution in [1.82, 2.24) is 14.8 Å². The van der Waals surface area contributed by atoms with Crippen LogP contribution in [-0.4, -0.2) is 14.8 Å². The molecule has 0 saturated heterocycles. The van der Waals surface area contributed by atoms with Crippen LogP contribution in [0.25, 0.3) is 22.7 Å². The van der Waals surface area contributed by atoms with E-state index in [-0.39, 0.29) is 0 Å². The highest BCUT2D eigenvalue weighted by atomic mass is 79.9. The monoisotopic (exact) mass is 292 g/mol. The van der Waals surface area contributed by atoms with E-state index in [1.54, 1.807) is 16.9 Å². The molecule has 2 aromatic heterocycles. The normalized spacial score (nSPS) is 11.2. The van der Waals surface area contributed by atoms with Crippen LogP contribution in [0.5, 0.6) is 0 Å². The number of fused-ring (bicyclic) bond motifs is 1. The fraction of sp³-hybridized carbons (Fsp3) is 0.0909. The standard InChI is InChI=1S/C11H9BrN4O/c1-16-9(2-3-14-16)11-15-8-5-6(12)4-7(13)10(8)17-11/h2-5H,13H2,1H3. The van der Waals surface area contributed by atoms with Crippen molar-refractivity contribution in [3.63, 3.8) is 0 Å². The SMILES string of the molecule is Cn1nccc1-c1nc2cc(Br)cc(N)c2o1. The van der Waals surface area contributed by atoms with Gasteiger partial charge in [0.2, 0.25) is 5.89 Å². The van der Waals surface area contributed by atoms with E-state index >= 15 is 0 Å². The summed E-state index contributed by atoms with van der Waals surface area (Å²) in [6, 6.07) is 5.51. The molecule has 0 atom stereocenters. The largest absolute Gasteiger partial charge is 0.432 e. The van der Waals surface area contributed by atoms with Gasteiger partial charge in [-0.2, -0.15) is 5.10 Å². The number of oxazole rings is 1. The zero-order valence-corrected chi connectivity index (χ0v) is 10.6. The van der Waals surface area contributed by atoms with Crippen molar-refractivity contribution in [1.29, 1.82) is 0 Å². The highest BCUT2D eigenvalue weighted by Gasteiger charge is 2.13. The lowest BCUT2D eigenvalue weighted by Crippen LogP contribution is -1.92. The number of halogens is 1. The van der Waals surface area contributed by atoms with Crippen LogP contribution < -0.4 is 5.73 Å². The zero-order valence-electron chi connectivity index (χ0n) is 9.01. The first-order valence-corrected chi connectivity index (χ1v) is 5.78. The number of anilines is 1. The maximum atomic E-state index is 5.88. The van der Waals surface area contributed by atoms with E-state index in [0.29, 0.717) is 17.2 Å². The van der Waals surface area contributed by atoms with E-state index in [9.17, 15) is 0 Å². The summed E-state index contributed by atoms with van der Waals surface area (Å²) in [5.41, 5.74) is 8.59. The molecule has 1 aromatic carbocycles. The molecule has 3 aromatic rings. The Morgan fingerprint density at radius 3 is 2.94 bits per heavy atom. The van der Waals surface area contributed by atoms with E-state index in [1.165, 1.54) is 0 Å². The lowest BCUT2D eigenvalue weighted by molar-refractivity contribution is 0.607. The van der Waals surface area contributed by atoms with Gasteiger partial charge in [0, 0.05) is 17.7 Å². The van der Waals surface area contributed by atoms with Gasteiger partial charge in [-0.1, -0.05) is 15.9 Å². The molecule has 5 nitrogen and oxygen atoms in total. The summed E-state index contributed by atoms with van der Waals surface area (Å²) in [5, 5.41) is 4.08. The number of rotatable bonds is 1. The predicted octanol–water partition coefficient (Wildman–Crippen LogP) is 2.57. The fourth-order valence-corrected chi connectivity index (χ4v) is 2.18. The Hall–Kier alpha value is -1.82. The van der Waals surface area contributed by atoms with Crippen molar-refractivity contribution >= 4 is 32.7 Å². The summed E-state index contributed by atoms with van der Waals surface area (Å²) in [6.07, 6.45) is 1.70. The van der Waals surface area contributed by atoms with Crippen LogP contribution in [0, 0.1) is 0 Å². The number of aryl methyl sites for hydroxylation is 1. The van der Waals surface area contributed by atoms with Crippen molar-refractivity contribution in [3.05, 3.63) is 28.9 Å². The lowest BCUT2D eigenvalue weighted by atomic mass is 10.3. The first kappa shape index (κ1) is 10.3. The van der Waals surface area contributed by atoms with E-state index < -0.39 is 0 Å². The van der Waals surface area contributed by atoms with Crippen LogP contribution in [0.2, 0.25) is 0 Å². The third-order valence-electron chi connectivity index (χ3n) is 2.52. The van der Waals surface area contributed by atoms with Gasteiger partial charge < -0.3 is 10.2 Å². The second-order valence-corrected chi connectivity index (χ2v) is 4.62. The number of nitrogen functional groups attached to an aromatic ring is 1. The molecule has 3 rings (SSSR count). The first-order valence-electron chi connectivity index (χ1n) is 4.99. The van der Waals surface area contributed by atoms with E-state index in [1.807, 2.05) is 19.2 Å². The maximum Gasteiger partial charge on any atom is 0.245 e. The van der Waals surface area contributed by atoms with Gasteiger partial charge in [0.1, 0.15) is 11.2 Å². The van der Waals surface area contributed by atoms with Gasteiger partial charge in [-0.05, 0) is 18.2 Å². The summed E-state index contributed by atoms with van der Waals surface area (Å²) in [6.45, 7) is 0. The molecule has 0 amide bonds. The average molecular weight is 293 g/mol. The molecule has 0 spiro atoms. The van der Waals surface area contributed by atoms with Crippen molar-refractivity contribution in [3.8, 4) is 11.6 Å². The van der Waals surface area contributed by atoms with Crippen LogP contribution in [0.4, 0.5) is 5.69 Å². The quantitative estimate of drug-likeness (QED) is 0.700. The Labute approximate surface area is 105 Å². The molecule has 0 aliphatic rings. The molecule has 2 N–H and O–H groups in total. The average Bonchev–Trinajstić information content (AvgIpc) is 2.83. The second kappa shape index (κ2) is 3.59. The highest BCUT2D eigenvalue weighted by molar-refractivity contribution is 9.10. The van der Waals surface area contributed by atoms with Gasteiger partial charge in [-0.3, -0.25) is 4.68 Å². The van der Waals surface area contributed by atoms with Crippen LogP contribution in [0.15, 0.2) is 33.3 Å². The predicted molar refractivity (Wildman–Crippen MR) is 68.3 cm³/mol. The summed E-state index contributed by atoms with van der Waals surface area (Å²) < 4.78 is 8.25. The van der Waals surface area contributed by atoms with Crippen molar-refractivity contribution in [2.24, 2.45) is 7.05 Å². The lowest BCUT2D eigenvalue weighted by Gasteiger charge is -1.95. The second-order valence-electron chi connectivity index (χ2n) is 3.70. The molecule has 0 aliphatic heterocycles. The minimum Gasteiger partial charge on any atom is -0.432 e. The molecular weight excluding hydrogens is 284 g/mol. The number of nitrogens with two attached hydrogens (primary N) is 1.